The van der Waals surface area contributed by atoms with Crippen molar-refractivity contribution in [3.63, 3.8) is 0 Å². The van der Waals surface area contributed by atoms with Crippen LogP contribution in [0.15, 0.2) is 75.8 Å². The Balaban J connectivity index is 1.69. The number of nitrogens with zero attached hydrogens (tertiary/aromatic N) is 2. The van der Waals surface area contributed by atoms with Crippen molar-refractivity contribution >= 4 is 28.5 Å². The van der Waals surface area contributed by atoms with Crippen LogP contribution >= 0.6 is 0 Å². The molecule has 7 nitrogen and oxygen atoms in total. The Hall–Kier alpha value is -3.91. The van der Waals surface area contributed by atoms with Crippen LogP contribution in [-0.4, -0.2) is 48.8 Å². The molecule has 1 N–H and O–H groups in total. The van der Waals surface area contributed by atoms with E-state index in [1.54, 1.807) is 47.6 Å². The number of hydrogen-bond acceptors (Lipinski definition) is 5. The molecule has 0 aliphatic carbocycles. The highest BCUT2D eigenvalue weighted by Gasteiger charge is 2.27. The van der Waals surface area contributed by atoms with E-state index in [2.05, 4.69) is 5.32 Å². The fraction of sp³-hybridized carbons (Fsp3) is 0.200. The van der Waals surface area contributed by atoms with Crippen molar-refractivity contribution in [3.8, 4) is 0 Å². The minimum absolute atomic E-state index is 0.0250. The van der Waals surface area contributed by atoms with Gasteiger partial charge in [0.2, 0.25) is 5.76 Å². The monoisotopic (exact) mass is 449 g/mol. The van der Waals surface area contributed by atoms with Crippen molar-refractivity contribution in [2.24, 2.45) is 0 Å². The summed E-state index contributed by atoms with van der Waals surface area (Å²) in [5, 5.41) is 3.39. The zero-order valence-corrected chi connectivity index (χ0v) is 18.4. The number of carbonyl (C=O) groups is 2. The van der Waals surface area contributed by atoms with Gasteiger partial charge in [-0.2, -0.15) is 0 Å². The van der Waals surface area contributed by atoms with Gasteiger partial charge in [0.25, 0.3) is 11.8 Å². The van der Waals surface area contributed by atoms with Crippen LogP contribution < -0.4 is 5.32 Å². The van der Waals surface area contributed by atoms with Gasteiger partial charge in [-0.3, -0.25) is 9.59 Å². The molecular formula is C25H24FN3O4. The molecule has 4 rings (SSSR count). The highest BCUT2D eigenvalue weighted by molar-refractivity contribution is 6.14. The standard InChI is InChI=1S/C25H24FN3O4/c1-28(2)13-14-29(16-19-6-5-15-32-19)25(31)23-22(20-7-3-4-8-21(20)33-23)27-24(30)17-9-11-18(26)12-10-17/h3-12,15H,13-14,16H2,1-2H3,(H,27,30). The van der Waals surface area contributed by atoms with E-state index in [9.17, 15) is 14.0 Å². The van der Waals surface area contributed by atoms with Gasteiger partial charge in [0.15, 0.2) is 0 Å². The van der Waals surface area contributed by atoms with Crippen LogP contribution in [0.25, 0.3) is 11.0 Å². The van der Waals surface area contributed by atoms with E-state index in [-0.39, 0.29) is 29.5 Å². The lowest BCUT2D eigenvalue weighted by Crippen LogP contribution is -2.36. The van der Waals surface area contributed by atoms with Gasteiger partial charge in [0.1, 0.15) is 22.8 Å². The maximum atomic E-state index is 13.6. The Morgan fingerprint density at radius 3 is 2.42 bits per heavy atom. The molecular weight excluding hydrogens is 425 g/mol. The minimum atomic E-state index is -0.471. The third-order valence-electron chi connectivity index (χ3n) is 5.17. The number of rotatable bonds is 8. The first-order valence-corrected chi connectivity index (χ1v) is 10.5. The quantitative estimate of drug-likeness (QED) is 0.425. The van der Waals surface area contributed by atoms with Crippen molar-refractivity contribution in [2.45, 2.75) is 6.54 Å². The molecule has 0 atom stereocenters. The molecule has 2 amide bonds. The fourth-order valence-corrected chi connectivity index (χ4v) is 3.41. The van der Waals surface area contributed by atoms with Gasteiger partial charge in [0, 0.05) is 24.0 Å². The molecule has 0 fully saturated rings. The summed E-state index contributed by atoms with van der Waals surface area (Å²) in [6.07, 6.45) is 1.56. The van der Waals surface area contributed by atoms with E-state index < -0.39 is 11.7 Å². The number of amides is 2. The lowest BCUT2D eigenvalue weighted by atomic mass is 10.1. The molecule has 0 unspecified atom stereocenters. The largest absolute Gasteiger partial charge is 0.467 e. The number of halogens is 1. The molecule has 0 aliphatic rings. The van der Waals surface area contributed by atoms with Crippen molar-refractivity contribution in [3.05, 3.63) is 89.8 Å². The van der Waals surface area contributed by atoms with E-state index in [1.165, 1.54) is 24.3 Å². The second kappa shape index (κ2) is 9.70. The van der Waals surface area contributed by atoms with Crippen LogP contribution in [0.3, 0.4) is 0 Å². The van der Waals surface area contributed by atoms with Crippen LogP contribution in [0, 0.1) is 5.82 Å². The van der Waals surface area contributed by atoms with Crippen LogP contribution in [0.5, 0.6) is 0 Å². The predicted molar refractivity (Wildman–Crippen MR) is 123 cm³/mol. The van der Waals surface area contributed by atoms with Gasteiger partial charge in [-0.25, -0.2) is 4.39 Å². The van der Waals surface area contributed by atoms with Crippen molar-refractivity contribution in [1.82, 2.24) is 9.80 Å². The molecule has 2 heterocycles. The van der Waals surface area contributed by atoms with Crippen LogP contribution in [0.1, 0.15) is 26.7 Å². The summed E-state index contributed by atoms with van der Waals surface area (Å²) in [6.45, 7) is 1.31. The third kappa shape index (κ3) is 5.12. The summed E-state index contributed by atoms with van der Waals surface area (Å²) in [4.78, 5) is 30.1. The van der Waals surface area contributed by atoms with Gasteiger partial charge >= 0.3 is 0 Å². The molecule has 0 spiro atoms. The third-order valence-corrected chi connectivity index (χ3v) is 5.17. The first-order chi connectivity index (χ1) is 15.9. The summed E-state index contributed by atoms with van der Waals surface area (Å²) in [6, 6.07) is 15.8. The summed E-state index contributed by atoms with van der Waals surface area (Å²) >= 11 is 0. The molecule has 170 valence electrons. The summed E-state index contributed by atoms with van der Waals surface area (Å²) < 4.78 is 24.6. The molecule has 2 aromatic heterocycles. The van der Waals surface area contributed by atoms with E-state index in [0.717, 1.165) is 0 Å². The second-order valence-corrected chi connectivity index (χ2v) is 7.87. The Labute approximate surface area is 190 Å². The van der Waals surface area contributed by atoms with Gasteiger partial charge < -0.3 is 24.0 Å². The molecule has 4 aromatic rings. The first kappa shape index (κ1) is 22.3. The van der Waals surface area contributed by atoms with Gasteiger partial charge in [-0.15, -0.1) is 0 Å². The van der Waals surface area contributed by atoms with Crippen LogP contribution in [-0.2, 0) is 6.54 Å². The normalized spacial score (nSPS) is 11.2. The Kier molecular flexibility index (Phi) is 6.55. The molecule has 0 bridgehead atoms. The van der Waals surface area contributed by atoms with Crippen molar-refractivity contribution < 1.29 is 22.8 Å². The minimum Gasteiger partial charge on any atom is -0.467 e. The van der Waals surface area contributed by atoms with Gasteiger partial charge in [-0.05, 0) is 62.6 Å². The second-order valence-electron chi connectivity index (χ2n) is 7.87. The number of anilines is 1. The molecule has 0 radical (unpaired) electrons. The van der Waals surface area contributed by atoms with E-state index in [0.29, 0.717) is 29.8 Å². The zero-order valence-electron chi connectivity index (χ0n) is 18.4. The smallest absolute Gasteiger partial charge is 0.292 e. The average Bonchev–Trinajstić information content (AvgIpc) is 3.44. The number of furan rings is 2. The van der Waals surface area contributed by atoms with Crippen molar-refractivity contribution in [2.75, 3.05) is 32.5 Å². The Morgan fingerprint density at radius 2 is 1.73 bits per heavy atom. The highest BCUT2D eigenvalue weighted by atomic mass is 19.1. The van der Waals surface area contributed by atoms with Gasteiger partial charge in [-0.1, -0.05) is 12.1 Å². The molecule has 0 saturated heterocycles. The summed E-state index contributed by atoms with van der Waals surface area (Å²) in [7, 11) is 3.84. The first-order valence-electron chi connectivity index (χ1n) is 10.5. The number of nitrogens with one attached hydrogen (secondary N) is 1. The lowest BCUT2D eigenvalue weighted by molar-refractivity contribution is 0.0691. The number of hydrogen-bond donors (Lipinski definition) is 1. The molecule has 8 heteroatoms. The molecule has 0 saturated carbocycles. The van der Waals surface area contributed by atoms with E-state index in [4.69, 9.17) is 8.83 Å². The SMILES string of the molecule is CN(C)CCN(Cc1ccco1)C(=O)c1oc2ccccc2c1NC(=O)c1ccc(F)cc1. The zero-order chi connectivity index (χ0) is 23.4. The fourth-order valence-electron chi connectivity index (χ4n) is 3.41. The van der Waals surface area contributed by atoms with E-state index in [1.807, 2.05) is 19.0 Å². The number of fused-ring (bicyclic) bond motifs is 1. The van der Waals surface area contributed by atoms with Crippen molar-refractivity contribution in [1.29, 1.82) is 0 Å². The number of likely N-dealkylation sites (N-methyl/N-ethyl adjacent to an activating group) is 1. The molecule has 33 heavy (non-hydrogen) atoms. The van der Waals surface area contributed by atoms with Gasteiger partial charge in [0.05, 0.1) is 12.8 Å². The maximum absolute atomic E-state index is 13.6. The molecule has 0 aliphatic heterocycles. The number of carbonyl (C=O) groups excluding carboxylic acids is 2. The number of benzene rings is 2. The predicted octanol–water partition coefficient (Wildman–Crippen LogP) is 4.62. The topological polar surface area (TPSA) is 78.9 Å². The van der Waals surface area contributed by atoms with Crippen LogP contribution in [0.4, 0.5) is 10.1 Å². The summed E-state index contributed by atoms with van der Waals surface area (Å²) in [5.41, 5.74) is 1.01. The summed E-state index contributed by atoms with van der Waals surface area (Å²) in [5.74, 6) is -0.627. The van der Waals surface area contributed by atoms with Crippen LogP contribution in [0.2, 0.25) is 0 Å². The number of para-hydroxylation sites is 1. The highest BCUT2D eigenvalue weighted by Crippen LogP contribution is 2.32. The lowest BCUT2D eigenvalue weighted by Gasteiger charge is -2.23. The average molecular weight is 449 g/mol. The van der Waals surface area contributed by atoms with E-state index >= 15 is 0 Å². The maximum Gasteiger partial charge on any atom is 0.292 e. The Bertz CT molecular complexity index is 1250. The Morgan fingerprint density at radius 1 is 0.970 bits per heavy atom. The molecule has 2 aromatic carbocycles.